The highest BCUT2D eigenvalue weighted by atomic mass is 15.1. The molecule has 2 nitrogen and oxygen atoms in total. The van der Waals surface area contributed by atoms with Crippen molar-refractivity contribution >= 4 is 67.8 Å². The lowest BCUT2D eigenvalue weighted by Crippen LogP contribution is -2.10. The zero-order valence-electron chi connectivity index (χ0n) is 29.8. The molecular formula is C52H38N2. The first kappa shape index (κ1) is 32.7. The summed E-state index contributed by atoms with van der Waals surface area (Å²) in [5, 5.41) is 4.95. The van der Waals surface area contributed by atoms with E-state index >= 15 is 0 Å². The Labute approximate surface area is 317 Å². The average Bonchev–Trinajstić information content (AvgIpc) is 3.25. The third-order valence-corrected chi connectivity index (χ3v) is 10.0. The fourth-order valence-corrected chi connectivity index (χ4v) is 7.34. The second-order valence-corrected chi connectivity index (χ2v) is 13.4. The van der Waals surface area contributed by atoms with Crippen LogP contribution >= 0.6 is 0 Å². The molecule has 9 aromatic rings. The summed E-state index contributed by atoms with van der Waals surface area (Å²) in [5.41, 5.74) is 11.4. The Morgan fingerprint density at radius 1 is 0.278 bits per heavy atom. The number of benzene rings is 9. The summed E-state index contributed by atoms with van der Waals surface area (Å²) in [4.78, 5) is 4.67. The highest BCUT2D eigenvalue weighted by Crippen LogP contribution is 2.42. The lowest BCUT2D eigenvalue weighted by molar-refractivity contribution is 1.28. The third-order valence-electron chi connectivity index (χ3n) is 10.0. The van der Waals surface area contributed by atoms with Crippen LogP contribution in [0.5, 0.6) is 0 Å². The number of anilines is 6. The molecular weight excluding hydrogens is 653 g/mol. The molecule has 0 saturated heterocycles. The molecule has 0 atom stereocenters. The number of fused-ring (bicyclic) bond motifs is 3. The predicted octanol–water partition coefficient (Wildman–Crippen LogP) is 14.8. The van der Waals surface area contributed by atoms with Crippen molar-refractivity contribution < 1.29 is 0 Å². The molecule has 9 rings (SSSR count). The van der Waals surface area contributed by atoms with Gasteiger partial charge in [-0.25, -0.2) is 0 Å². The maximum Gasteiger partial charge on any atom is 0.0546 e. The molecule has 0 saturated carbocycles. The van der Waals surface area contributed by atoms with Gasteiger partial charge in [0.1, 0.15) is 0 Å². The molecule has 0 bridgehead atoms. The van der Waals surface area contributed by atoms with Crippen LogP contribution in [0.4, 0.5) is 34.1 Å². The summed E-state index contributed by atoms with van der Waals surface area (Å²) in [6.45, 7) is 0. The van der Waals surface area contributed by atoms with E-state index in [-0.39, 0.29) is 0 Å². The second kappa shape index (κ2) is 14.8. The van der Waals surface area contributed by atoms with Crippen molar-refractivity contribution in [2.75, 3.05) is 9.80 Å². The van der Waals surface area contributed by atoms with Crippen molar-refractivity contribution in [2.24, 2.45) is 0 Å². The van der Waals surface area contributed by atoms with Gasteiger partial charge in [0.25, 0.3) is 0 Å². The molecule has 54 heavy (non-hydrogen) atoms. The Balaban J connectivity index is 1.04. The van der Waals surface area contributed by atoms with Crippen LogP contribution < -0.4 is 9.80 Å². The molecule has 0 aliphatic rings. The van der Waals surface area contributed by atoms with E-state index in [9.17, 15) is 0 Å². The van der Waals surface area contributed by atoms with Gasteiger partial charge in [0.2, 0.25) is 0 Å². The van der Waals surface area contributed by atoms with Gasteiger partial charge in [0.05, 0.1) is 5.69 Å². The number of rotatable bonds is 9. The smallest absolute Gasteiger partial charge is 0.0546 e. The molecule has 256 valence electrons. The quantitative estimate of drug-likeness (QED) is 0.110. The zero-order valence-corrected chi connectivity index (χ0v) is 29.8. The Morgan fingerprint density at radius 2 is 0.667 bits per heavy atom. The number of para-hydroxylation sites is 2. The van der Waals surface area contributed by atoms with E-state index in [0.717, 1.165) is 45.3 Å². The molecule has 0 amide bonds. The number of hydrogen-bond acceptors (Lipinski definition) is 2. The summed E-state index contributed by atoms with van der Waals surface area (Å²) < 4.78 is 0. The first-order valence-corrected chi connectivity index (χ1v) is 18.4. The maximum atomic E-state index is 2.39. The van der Waals surface area contributed by atoms with Crippen molar-refractivity contribution in [2.45, 2.75) is 0 Å². The van der Waals surface area contributed by atoms with Gasteiger partial charge in [-0.3, -0.25) is 0 Å². The van der Waals surface area contributed by atoms with Gasteiger partial charge < -0.3 is 9.80 Å². The molecule has 0 unspecified atom stereocenters. The van der Waals surface area contributed by atoms with Crippen molar-refractivity contribution in [1.82, 2.24) is 0 Å². The highest BCUT2D eigenvalue weighted by molar-refractivity contribution is 6.14. The van der Waals surface area contributed by atoms with Crippen LogP contribution in [-0.2, 0) is 0 Å². The minimum Gasteiger partial charge on any atom is -0.311 e. The Kier molecular flexibility index (Phi) is 8.99. The first-order chi connectivity index (χ1) is 26.8. The molecule has 0 N–H and O–H groups in total. The average molecular weight is 691 g/mol. The van der Waals surface area contributed by atoms with E-state index in [4.69, 9.17) is 0 Å². The third kappa shape index (κ3) is 6.65. The SMILES string of the molecule is C(=C\c1ccc(N(c2ccc(-c3ccccc3)cc2)c2cc3ccccc3c3ccccc23)cc1)/c1ccc(N(c2ccccc2)c2ccccc2)cc1. The second-order valence-electron chi connectivity index (χ2n) is 13.4. The van der Waals surface area contributed by atoms with Crippen molar-refractivity contribution in [3.05, 3.63) is 230 Å². The molecule has 0 fully saturated rings. The van der Waals surface area contributed by atoms with Gasteiger partial charge in [-0.2, -0.15) is 0 Å². The number of hydrogen-bond donors (Lipinski definition) is 0. The Morgan fingerprint density at radius 3 is 1.22 bits per heavy atom. The summed E-state index contributed by atoms with van der Waals surface area (Å²) in [5.74, 6) is 0. The predicted molar refractivity (Wildman–Crippen MR) is 232 cm³/mol. The minimum atomic E-state index is 1.10. The molecule has 0 radical (unpaired) electrons. The molecule has 2 heteroatoms. The fraction of sp³-hybridized carbons (Fsp3) is 0. The normalized spacial score (nSPS) is 11.3. The van der Waals surface area contributed by atoms with E-state index < -0.39 is 0 Å². The van der Waals surface area contributed by atoms with Gasteiger partial charge in [-0.1, -0.05) is 164 Å². The van der Waals surface area contributed by atoms with Gasteiger partial charge in [-0.15, -0.1) is 0 Å². The van der Waals surface area contributed by atoms with Crippen LogP contribution in [0.3, 0.4) is 0 Å². The van der Waals surface area contributed by atoms with Crippen LogP contribution in [0, 0.1) is 0 Å². The molecule has 0 aromatic heterocycles. The van der Waals surface area contributed by atoms with E-state index in [0.29, 0.717) is 0 Å². The lowest BCUT2D eigenvalue weighted by atomic mass is 9.98. The standard InChI is InChI=1S/C52H38N2/c1-4-14-41(15-5-1)42-30-36-48(37-31-42)54(52-38-43-16-10-11-21-49(43)50-22-12-13-23-51(50)52)47-34-28-40(29-35-47)25-24-39-26-32-46(33-27-39)53(44-17-6-2-7-18-44)45-19-8-3-9-20-45/h1-38H/b25-24+. The lowest BCUT2D eigenvalue weighted by Gasteiger charge is -2.28. The van der Waals surface area contributed by atoms with Crippen LogP contribution in [-0.4, -0.2) is 0 Å². The van der Waals surface area contributed by atoms with Crippen molar-refractivity contribution in [3.63, 3.8) is 0 Å². The summed E-state index contributed by atoms with van der Waals surface area (Å²) in [6.07, 6.45) is 4.38. The summed E-state index contributed by atoms with van der Waals surface area (Å²) in [6, 6.07) is 77.9. The van der Waals surface area contributed by atoms with Gasteiger partial charge in [0.15, 0.2) is 0 Å². The van der Waals surface area contributed by atoms with Gasteiger partial charge >= 0.3 is 0 Å². The van der Waals surface area contributed by atoms with Crippen LogP contribution in [0.15, 0.2) is 218 Å². The molecule has 0 aliphatic carbocycles. The first-order valence-electron chi connectivity index (χ1n) is 18.4. The Bertz CT molecular complexity index is 2630. The van der Waals surface area contributed by atoms with E-state index in [1.54, 1.807) is 0 Å². The fourth-order valence-electron chi connectivity index (χ4n) is 7.34. The molecule has 0 spiro atoms. The van der Waals surface area contributed by atoms with Crippen molar-refractivity contribution in [1.29, 1.82) is 0 Å². The van der Waals surface area contributed by atoms with Crippen molar-refractivity contribution in [3.8, 4) is 11.1 Å². The Hall–Kier alpha value is -7.16. The van der Waals surface area contributed by atoms with Crippen LogP contribution in [0.25, 0.3) is 44.8 Å². The molecule has 9 aromatic carbocycles. The van der Waals surface area contributed by atoms with Crippen LogP contribution in [0.1, 0.15) is 11.1 Å². The summed E-state index contributed by atoms with van der Waals surface area (Å²) >= 11 is 0. The van der Waals surface area contributed by atoms with E-state index in [2.05, 4.69) is 240 Å². The highest BCUT2D eigenvalue weighted by Gasteiger charge is 2.18. The van der Waals surface area contributed by atoms with Gasteiger partial charge in [-0.05, 0) is 105 Å². The van der Waals surface area contributed by atoms with E-state index in [1.165, 1.54) is 32.7 Å². The molecule has 0 heterocycles. The number of nitrogens with zero attached hydrogens (tertiary/aromatic N) is 2. The zero-order chi connectivity index (χ0) is 36.1. The minimum absolute atomic E-state index is 1.10. The van der Waals surface area contributed by atoms with Crippen LogP contribution in [0.2, 0.25) is 0 Å². The van der Waals surface area contributed by atoms with Gasteiger partial charge in [0, 0.05) is 33.8 Å². The maximum absolute atomic E-state index is 2.39. The topological polar surface area (TPSA) is 6.48 Å². The summed E-state index contributed by atoms with van der Waals surface area (Å²) in [7, 11) is 0. The largest absolute Gasteiger partial charge is 0.311 e. The molecule has 0 aliphatic heterocycles. The monoisotopic (exact) mass is 690 g/mol. The van der Waals surface area contributed by atoms with E-state index in [1.807, 2.05) is 0 Å².